The Morgan fingerprint density at radius 3 is 2.56 bits per heavy atom. The molecule has 1 rings (SSSR count). The molecule has 18 heavy (non-hydrogen) atoms. The fourth-order valence-corrected chi connectivity index (χ4v) is 1.94. The lowest BCUT2D eigenvalue weighted by molar-refractivity contribution is 0.330. The first-order valence-electron chi connectivity index (χ1n) is 6.21. The molecule has 0 saturated heterocycles. The van der Waals surface area contributed by atoms with Gasteiger partial charge < -0.3 is 4.90 Å². The molecule has 0 radical (unpaired) electrons. The third kappa shape index (κ3) is 3.46. The molecule has 0 aliphatic heterocycles. The Hall–Kier alpha value is -1.07. The first-order valence-corrected chi connectivity index (χ1v) is 6.59. The average Bonchev–Trinajstić information content (AvgIpc) is 2.33. The number of likely N-dealkylation sites (N-methyl/N-ethyl adjacent to an activating group) is 1. The van der Waals surface area contributed by atoms with Crippen molar-refractivity contribution >= 4 is 11.6 Å². The number of hydrogen-bond donors (Lipinski definition) is 1. The Balaban J connectivity index is 3.08. The summed E-state index contributed by atoms with van der Waals surface area (Å²) in [6.07, 6.45) is 1.40. The van der Waals surface area contributed by atoms with Crippen LogP contribution in [-0.4, -0.2) is 34.6 Å². The Morgan fingerprint density at radius 1 is 1.33 bits per heavy atom. The van der Waals surface area contributed by atoms with Gasteiger partial charge in [-0.2, -0.15) is 0 Å². The first-order chi connectivity index (χ1) is 8.51. The highest BCUT2D eigenvalue weighted by Crippen LogP contribution is 2.07. The second-order valence-corrected chi connectivity index (χ2v) is 4.70. The van der Waals surface area contributed by atoms with Crippen LogP contribution in [0.4, 0.5) is 0 Å². The Labute approximate surface area is 111 Å². The van der Waals surface area contributed by atoms with Crippen molar-refractivity contribution in [3.63, 3.8) is 0 Å². The minimum Gasteiger partial charge on any atom is -0.305 e. The van der Waals surface area contributed by atoms with E-state index in [1.165, 1.54) is 4.57 Å². The Kier molecular flexibility index (Phi) is 5.62. The number of H-pyrrole nitrogens is 1. The van der Waals surface area contributed by atoms with E-state index in [2.05, 4.69) is 4.98 Å². The van der Waals surface area contributed by atoms with E-state index in [-0.39, 0.29) is 10.7 Å². The van der Waals surface area contributed by atoms with Gasteiger partial charge in [0, 0.05) is 13.1 Å². The van der Waals surface area contributed by atoms with Gasteiger partial charge in [-0.25, -0.2) is 4.79 Å². The molecule has 0 aliphatic rings. The van der Waals surface area contributed by atoms with Crippen LogP contribution in [0.1, 0.15) is 25.8 Å². The predicted octanol–water partition coefficient (Wildman–Crippen LogP) is 1.09. The molecule has 102 valence electrons. The molecular weight excluding hydrogens is 254 g/mol. The number of nitrogens with one attached hydrogen (secondary N) is 1. The molecule has 0 amide bonds. The van der Waals surface area contributed by atoms with Gasteiger partial charge in [0.1, 0.15) is 5.15 Å². The Bertz CT molecular complexity index is 507. The second kappa shape index (κ2) is 6.75. The van der Waals surface area contributed by atoms with Crippen molar-refractivity contribution in [3.8, 4) is 0 Å². The molecule has 1 heterocycles. The van der Waals surface area contributed by atoms with E-state index in [4.69, 9.17) is 11.6 Å². The molecule has 0 fully saturated rings. The second-order valence-electron chi connectivity index (χ2n) is 4.33. The number of rotatable bonds is 6. The maximum atomic E-state index is 12.1. The smallest absolute Gasteiger partial charge is 0.305 e. The number of aromatic nitrogens is 2. The van der Waals surface area contributed by atoms with E-state index in [9.17, 15) is 9.59 Å². The van der Waals surface area contributed by atoms with Gasteiger partial charge in [-0.05, 0) is 20.0 Å². The number of halogens is 1. The van der Waals surface area contributed by atoms with Crippen molar-refractivity contribution in [2.45, 2.75) is 33.2 Å². The SMILES string of the molecule is CCCc1c(Cl)[nH]c(=O)n(CCN(C)CC)c1=O. The monoisotopic (exact) mass is 273 g/mol. The van der Waals surface area contributed by atoms with Crippen molar-refractivity contribution in [3.05, 3.63) is 31.6 Å². The molecule has 0 aliphatic carbocycles. The minimum absolute atomic E-state index is 0.173. The normalized spacial score (nSPS) is 11.2. The molecular formula is C12H20ClN3O2. The minimum atomic E-state index is -0.436. The zero-order valence-electron chi connectivity index (χ0n) is 11.1. The molecule has 1 aromatic heterocycles. The molecule has 0 atom stereocenters. The predicted molar refractivity (Wildman–Crippen MR) is 73.5 cm³/mol. The number of nitrogens with zero attached hydrogens (tertiary/aromatic N) is 2. The molecule has 1 aromatic rings. The maximum absolute atomic E-state index is 12.1. The van der Waals surface area contributed by atoms with Gasteiger partial charge in [0.15, 0.2) is 0 Å². The summed E-state index contributed by atoms with van der Waals surface area (Å²) >= 11 is 5.90. The van der Waals surface area contributed by atoms with E-state index in [0.717, 1.165) is 13.0 Å². The van der Waals surface area contributed by atoms with E-state index in [1.54, 1.807) is 0 Å². The van der Waals surface area contributed by atoms with Crippen LogP contribution in [0.3, 0.4) is 0 Å². The fraction of sp³-hybridized carbons (Fsp3) is 0.667. The van der Waals surface area contributed by atoms with E-state index in [0.29, 0.717) is 25.1 Å². The lowest BCUT2D eigenvalue weighted by Gasteiger charge is -2.14. The molecule has 1 N–H and O–H groups in total. The molecule has 0 saturated carbocycles. The van der Waals surface area contributed by atoms with Gasteiger partial charge in [-0.3, -0.25) is 14.3 Å². The van der Waals surface area contributed by atoms with Gasteiger partial charge >= 0.3 is 5.69 Å². The molecule has 0 bridgehead atoms. The Morgan fingerprint density at radius 2 is 2.00 bits per heavy atom. The highest BCUT2D eigenvalue weighted by atomic mass is 35.5. The quantitative estimate of drug-likeness (QED) is 0.790. The van der Waals surface area contributed by atoms with Crippen LogP contribution in [-0.2, 0) is 13.0 Å². The topological polar surface area (TPSA) is 58.1 Å². The van der Waals surface area contributed by atoms with Gasteiger partial charge in [0.05, 0.1) is 5.56 Å². The van der Waals surface area contributed by atoms with Crippen molar-refractivity contribution in [2.24, 2.45) is 0 Å². The van der Waals surface area contributed by atoms with Crippen molar-refractivity contribution in [2.75, 3.05) is 20.1 Å². The zero-order chi connectivity index (χ0) is 13.7. The first kappa shape index (κ1) is 15.0. The van der Waals surface area contributed by atoms with Gasteiger partial charge in [-0.1, -0.05) is 31.9 Å². The number of hydrogen-bond acceptors (Lipinski definition) is 3. The van der Waals surface area contributed by atoms with E-state index in [1.807, 2.05) is 25.8 Å². The van der Waals surface area contributed by atoms with Crippen molar-refractivity contribution in [1.82, 2.24) is 14.5 Å². The largest absolute Gasteiger partial charge is 0.329 e. The van der Waals surface area contributed by atoms with E-state index < -0.39 is 5.69 Å². The third-order valence-electron chi connectivity index (χ3n) is 2.98. The van der Waals surface area contributed by atoms with Crippen LogP contribution < -0.4 is 11.2 Å². The average molecular weight is 274 g/mol. The lowest BCUT2D eigenvalue weighted by Crippen LogP contribution is -2.40. The van der Waals surface area contributed by atoms with Crippen LogP contribution in [0.2, 0.25) is 5.15 Å². The summed E-state index contributed by atoms with van der Waals surface area (Å²) in [4.78, 5) is 28.4. The maximum Gasteiger partial charge on any atom is 0.329 e. The summed E-state index contributed by atoms with van der Waals surface area (Å²) < 4.78 is 1.23. The zero-order valence-corrected chi connectivity index (χ0v) is 11.9. The summed E-state index contributed by atoms with van der Waals surface area (Å²) in [6, 6.07) is 0. The molecule has 6 heteroatoms. The van der Waals surface area contributed by atoms with Gasteiger partial charge in [-0.15, -0.1) is 0 Å². The molecule has 5 nitrogen and oxygen atoms in total. The summed E-state index contributed by atoms with van der Waals surface area (Å²) in [5.74, 6) is 0. The van der Waals surface area contributed by atoms with Crippen molar-refractivity contribution in [1.29, 1.82) is 0 Å². The summed E-state index contributed by atoms with van der Waals surface area (Å²) in [6.45, 7) is 5.91. The van der Waals surface area contributed by atoms with E-state index >= 15 is 0 Å². The lowest BCUT2D eigenvalue weighted by atomic mass is 10.2. The van der Waals surface area contributed by atoms with Gasteiger partial charge in [0.25, 0.3) is 5.56 Å². The standard InChI is InChI=1S/C12H20ClN3O2/c1-4-6-9-10(13)14-12(18)16(11(9)17)8-7-15(3)5-2/h4-8H2,1-3H3,(H,14,18). The molecule has 0 unspecified atom stereocenters. The molecule has 0 spiro atoms. The highest BCUT2D eigenvalue weighted by molar-refractivity contribution is 6.30. The van der Waals surface area contributed by atoms with Gasteiger partial charge in [0.2, 0.25) is 0 Å². The number of aromatic amines is 1. The van der Waals surface area contributed by atoms with Crippen LogP contribution in [0.25, 0.3) is 0 Å². The van der Waals surface area contributed by atoms with Crippen LogP contribution >= 0.6 is 11.6 Å². The van der Waals surface area contributed by atoms with Crippen LogP contribution in [0.15, 0.2) is 9.59 Å². The summed E-state index contributed by atoms with van der Waals surface area (Å²) in [7, 11) is 1.95. The van der Waals surface area contributed by atoms with Crippen LogP contribution in [0, 0.1) is 0 Å². The summed E-state index contributed by atoms with van der Waals surface area (Å²) in [5, 5.41) is 0.173. The van der Waals surface area contributed by atoms with Crippen LogP contribution in [0.5, 0.6) is 0 Å². The molecule has 0 aromatic carbocycles. The fourth-order valence-electron chi connectivity index (χ4n) is 1.68. The van der Waals surface area contributed by atoms with Crippen molar-refractivity contribution < 1.29 is 0 Å². The summed E-state index contributed by atoms with van der Waals surface area (Å²) in [5.41, 5.74) is -0.206. The third-order valence-corrected chi connectivity index (χ3v) is 3.30. The highest BCUT2D eigenvalue weighted by Gasteiger charge is 2.12.